The van der Waals surface area contributed by atoms with E-state index in [0.717, 1.165) is 19.4 Å². The number of ether oxygens (including phenoxy) is 1. The Labute approximate surface area is 132 Å². The zero-order valence-corrected chi connectivity index (χ0v) is 14.0. The molecule has 0 spiro atoms. The summed E-state index contributed by atoms with van der Waals surface area (Å²) in [6, 6.07) is -0.250. The Hall–Kier alpha value is -1.34. The van der Waals surface area contributed by atoms with E-state index in [-0.39, 0.29) is 31.1 Å². The number of nitrogens with zero attached hydrogens (tertiary/aromatic N) is 1. The van der Waals surface area contributed by atoms with E-state index in [1.807, 2.05) is 25.7 Å². The zero-order valence-electron chi connectivity index (χ0n) is 14.0. The SMILES string of the molecule is C[C@@H](CO)NC(=O)CN1CCC[C@@H](NC(=O)OC(C)(C)C)C1. The summed E-state index contributed by atoms with van der Waals surface area (Å²) < 4.78 is 5.25. The van der Waals surface area contributed by atoms with Crippen LogP contribution in [0, 0.1) is 0 Å². The highest BCUT2D eigenvalue weighted by Gasteiger charge is 2.25. The third-order valence-corrected chi connectivity index (χ3v) is 3.27. The van der Waals surface area contributed by atoms with Gasteiger partial charge in [0.1, 0.15) is 5.60 Å². The number of carbonyl (C=O) groups excluding carboxylic acids is 2. The lowest BCUT2D eigenvalue weighted by Crippen LogP contribution is -2.51. The monoisotopic (exact) mass is 315 g/mol. The average Bonchev–Trinajstić information content (AvgIpc) is 2.36. The van der Waals surface area contributed by atoms with E-state index in [1.54, 1.807) is 6.92 Å². The second-order valence-corrected chi connectivity index (χ2v) is 6.87. The summed E-state index contributed by atoms with van der Waals surface area (Å²) in [5.41, 5.74) is -0.515. The van der Waals surface area contributed by atoms with E-state index in [1.165, 1.54) is 0 Å². The number of amides is 2. The lowest BCUT2D eigenvalue weighted by atomic mass is 10.1. The molecule has 128 valence electrons. The van der Waals surface area contributed by atoms with Crippen LogP contribution in [0.1, 0.15) is 40.5 Å². The molecule has 22 heavy (non-hydrogen) atoms. The van der Waals surface area contributed by atoms with Gasteiger partial charge in [0, 0.05) is 18.6 Å². The minimum absolute atomic E-state index is 0.00772. The molecule has 1 rings (SSSR count). The van der Waals surface area contributed by atoms with Gasteiger partial charge in [0.05, 0.1) is 13.2 Å². The van der Waals surface area contributed by atoms with Crippen LogP contribution in [0.2, 0.25) is 0 Å². The molecule has 0 aliphatic carbocycles. The molecule has 3 N–H and O–H groups in total. The number of alkyl carbamates (subject to hydrolysis) is 1. The molecule has 2 amide bonds. The van der Waals surface area contributed by atoms with Gasteiger partial charge in [-0.3, -0.25) is 9.69 Å². The van der Waals surface area contributed by atoms with Crippen LogP contribution < -0.4 is 10.6 Å². The van der Waals surface area contributed by atoms with Crippen LogP contribution in [0.15, 0.2) is 0 Å². The number of hydrogen-bond donors (Lipinski definition) is 3. The number of rotatable bonds is 5. The lowest BCUT2D eigenvalue weighted by Gasteiger charge is -2.33. The summed E-state index contributed by atoms with van der Waals surface area (Å²) in [6.07, 6.45) is 1.38. The fourth-order valence-electron chi connectivity index (χ4n) is 2.36. The average molecular weight is 315 g/mol. The molecule has 0 aromatic heterocycles. The maximum absolute atomic E-state index is 11.8. The Bertz CT molecular complexity index is 381. The molecule has 1 saturated heterocycles. The van der Waals surface area contributed by atoms with Crippen molar-refractivity contribution >= 4 is 12.0 Å². The topological polar surface area (TPSA) is 90.9 Å². The summed E-state index contributed by atoms with van der Waals surface area (Å²) in [5, 5.41) is 14.5. The number of aliphatic hydroxyl groups excluding tert-OH is 1. The largest absolute Gasteiger partial charge is 0.444 e. The van der Waals surface area contributed by atoms with Crippen LogP contribution in [0.25, 0.3) is 0 Å². The smallest absolute Gasteiger partial charge is 0.407 e. The van der Waals surface area contributed by atoms with Crippen LogP contribution in [-0.4, -0.2) is 65.9 Å². The fraction of sp³-hybridized carbons (Fsp3) is 0.867. The molecule has 0 bridgehead atoms. The van der Waals surface area contributed by atoms with Crippen molar-refractivity contribution in [3.63, 3.8) is 0 Å². The molecule has 1 fully saturated rings. The third kappa shape index (κ3) is 7.61. The molecule has 0 radical (unpaired) electrons. The number of piperidine rings is 1. The molecule has 0 unspecified atom stereocenters. The third-order valence-electron chi connectivity index (χ3n) is 3.27. The van der Waals surface area contributed by atoms with Crippen LogP contribution >= 0.6 is 0 Å². The van der Waals surface area contributed by atoms with Crippen LogP contribution in [-0.2, 0) is 9.53 Å². The van der Waals surface area contributed by atoms with Gasteiger partial charge in [-0.15, -0.1) is 0 Å². The van der Waals surface area contributed by atoms with Crippen molar-refractivity contribution in [3.8, 4) is 0 Å². The van der Waals surface area contributed by atoms with Crippen molar-refractivity contribution in [2.24, 2.45) is 0 Å². The van der Waals surface area contributed by atoms with E-state index in [9.17, 15) is 9.59 Å². The molecular formula is C15H29N3O4. The van der Waals surface area contributed by atoms with Crippen molar-refractivity contribution in [2.75, 3.05) is 26.2 Å². The standard InChI is InChI=1S/C15H29N3O4/c1-11(10-19)16-13(20)9-18-7-5-6-12(8-18)17-14(21)22-15(2,3)4/h11-12,19H,5-10H2,1-4H3,(H,16,20)(H,17,21)/t11-,12+/m0/s1. The summed E-state index contributed by atoms with van der Waals surface area (Å²) in [7, 11) is 0. The Morgan fingerprint density at radius 2 is 2.09 bits per heavy atom. The van der Waals surface area contributed by atoms with E-state index in [0.29, 0.717) is 6.54 Å². The first-order chi connectivity index (χ1) is 10.2. The first-order valence-corrected chi connectivity index (χ1v) is 7.81. The number of likely N-dealkylation sites (tertiary alicyclic amines) is 1. The van der Waals surface area contributed by atoms with E-state index < -0.39 is 11.7 Å². The summed E-state index contributed by atoms with van der Waals surface area (Å²) >= 11 is 0. The van der Waals surface area contributed by atoms with E-state index in [4.69, 9.17) is 9.84 Å². The van der Waals surface area contributed by atoms with Crippen molar-refractivity contribution in [1.82, 2.24) is 15.5 Å². The minimum atomic E-state index is -0.515. The van der Waals surface area contributed by atoms with Crippen LogP contribution in [0.4, 0.5) is 4.79 Å². The van der Waals surface area contributed by atoms with Crippen molar-refractivity contribution in [2.45, 2.75) is 58.2 Å². The van der Waals surface area contributed by atoms with Gasteiger partial charge in [0.25, 0.3) is 0 Å². The van der Waals surface area contributed by atoms with Gasteiger partial charge in [-0.1, -0.05) is 0 Å². The predicted molar refractivity (Wildman–Crippen MR) is 83.5 cm³/mol. The quantitative estimate of drug-likeness (QED) is 0.686. The van der Waals surface area contributed by atoms with Crippen molar-refractivity contribution in [3.05, 3.63) is 0 Å². The minimum Gasteiger partial charge on any atom is -0.444 e. The molecule has 1 aliphatic rings. The molecule has 2 atom stereocenters. The van der Waals surface area contributed by atoms with E-state index in [2.05, 4.69) is 10.6 Å². The van der Waals surface area contributed by atoms with Gasteiger partial charge >= 0.3 is 6.09 Å². The Kier molecular flexibility index (Phi) is 7.09. The van der Waals surface area contributed by atoms with Gasteiger partial charge in [-0.2, -0.15) is 0 Å². The molecule has 1 heterocycles. The second kappa shape index (κ2) is 8.33. The van der Waals surface area contributed by atoms with E-state index >= 15 is 0 Å². The molecule has 7 nitrogen and oxygen atoms in total. The Morgan fingerprint density at radius 3 is 2.68 bits per heavy atom. The number of aliphatic hydroxyl groups is 1. The normalized spacial score (nSPS) is 21.0. The maximum atomic E-state index is 11.8. The molecule has 0 aromatic rings. The predicted octanol–water partition coefficient (Wildman–Crippen LogP) is 0.473. The zero-order chi connectivity index (χ0) is 16.8. The first kappa shape index (κ1) is 18.7. The van der Waals surface area contributed by atoms with Gasteiger partial charge in [-0.05, 0) is 47.1 Å². The summed E-state index contributed by atoms with van der Waals surface area (Å²) in [5.74, 6) is -0.112. The first-order valence-electron chi connectivity index (χ1n) is 7.81. The highest BCUT2D eigenvalue weighted by molar-refractivity contribution is 5.78. The molecular weight excluding hydrogens is 286 g/mol. The Morgan fingerprint density at radius 1 is 1.41 bits per heavy atom. The van der Waals surface area contributed by atoms with Gasteiger partial charge < -0.3 is 20.5 Å². The number of carbonyl (C=O) groups is 2. The molecule has 0 saturated carbocycles. The van der Waals surface area contributed by atoms with Crippen molar-refractivity contribution in [1.29, 1.82) is 0 Å². The summed E-state index contributed by atoms with van der Waals surface area (Å²) in [4.78, 5) is 25.6. The van der Waals surface area contributed by atoms with Gasteiger partial charge in [0.15, 0.2) is 0 Å². The number of nitrogens with one attached hydrogen (secondary N) is 2. The van der Waals surface area contributed by atoms with Crippen molar-refractivity contribution < 1.29 is 19.4 Å². The molecule has 0 aromatic carbocycles. The summed E-state index contributed by atoms with van der Waals surface area (Å²) in [6.45, 7) is 8.88. The highest BCUT2D eigenvalue weighted by atomic mass is 16.6. The lowest BCUT2D eigenvalue weighted by molar-refractivity contribution is -0.123. The number of hydrogen-bond acceptors (Lipinski definition) is 5. The molecule has 7 heteroatoms. The Balaban J connectivity index is 2.38. The highest BCUT2D eigenvalue weighted by Crippen LogP contribution is 2.12. The molecule has 1 aliphatic heterocycles. The fourth-order valence-corrected chi connectivity index (χ4v) is 2.36. The maximum Gasteiger partial charge on any atom is 0.407 e. The van der Waals surface area contributed by atoms with Gasteiger partial charge in [0.2, 0.25) is 5.91 Å². The van der Waals surface area contributed by atoms with Crippen LogP contribution in [0.3, 0.4) is 0 Å². The van der Waals surface area contributed by atoms with Crippen LogP contribution in [0.5, 0.6) is 0 Å². The van der Waals surface area contributed by atoms with Gasteiger partial charge in [-0.25, -0.2) is 4.79 Å². The second-order valence-electron chi connectivity index (χ2n) is 6.87.